The minimum absolute atomic E-state index is 0.246. The number of carboxylic acids is 1. The molecule has 0 radical (unpaired) electrons. The fourth-order valence-corrected chi connectivity index (χ4v) is 2.78. The fraction of sp³-hybridized carbons (Fsp3) is 0.409. The van der Waals surface area contributed by atoms with Gasteiger partial charge in [0.05, 0.1) is 20.1 Å². The number of pyridine rings is 1. The number of methoxy groups -OCH3 is 2. The second-order valence-electron chi connectivity index (χ2n) is 7.04. The third-order valence-electron chi connectivity index (χ3n) is 4.54. The van der Waals surface area contributed by atoms with Gasteiger partial charge in [-0.2, -0.15) is 5.10 Å². The van der Waals surface area contributed by atoms with Crippen molar-refractivity contribution in [1.29, 1.82) is 0 Å². The standard InChI is InChI=1S/C15H18N2O2.C7H16N4O2/c1-11-4-5-15(16-9-11)17-10-12-6-13(18-2)8-14(7-12)19-3;1-2-3-5(7(12)13)4-6(10-8)11-9/h4-9H,10H2,1-3H3,(H,16,17);5H,2-4,8-9H2,1H3,(H,10,11)(H,12,13)/t;5-/m.0/s1. The quantitative estimate of drug-likeness (QED) is 0.160. The van der Waals surface area contributed by atoms with Crippen LogP contribution in [0.3, 0.4) is 0 Å². The van der Waals surface area contributed by atoms with E-state index in [9.17, 15) is 4.79 Å². The first-order valence-corrected chi connectivity index (χ1v) is 10.2. The van der Waals surface area contributed by atoms with Crippen LogP contribution >= 0.6 is 0 Å². The van der Waals surface area contributed by atoms with Gasteiger partial charge in [-0.1, -0.05) is 19.4 Å². The van der Waals surface area contributed by atoms with Gasteiger partial charge in [-0.05, 0) is 42.7 Å². The van der Waals surface area contributed by atoms with E-state index >= 15 is 0 Å². The van der Waals surface area contributed by atoms with E-state index in [1.807, 2.05) is 50.4 Å². The first-order chi connectivity index (χ1) is 15.4. The number of benzene rings is 1. The van der Waals surface area contributed by atoms with E-state index in [4.69, 9.17) is 26.3 Å². The molecule has 0 saturated heterocycles. The molecule has 0 bridgehead atoms. The van der Waals surface area contributed by atoms with Crippen molar-refractivity contribution in [1.82, 2.24) is 10.4 Å². The Balaban J connectivity index is 0.000000347. The molecule has 0 amide bonds. The number of amidine groups is 1. The van der Waals surface area contributed by atoms with Crippen LogP contribution in [0.4, 0.5) is 5.82 Å². The third-order valence-corrected chi connectivity index (χ3v) is 4.54. The number of nitrogens with two attached hydrogens (primary N) is 2. The molecule has 32 heavy (non-hydrogen) atoms. The van der Waals surface area contributed by atoms with Crippen molar-refractivity contribution >= 4 is 17.6 Å². The smallest absolute Gasteiger partial charge is 0.306 e. The largest absolute Gasteiger partial charge is 0.497 e. The van der Waals surface area contributed by atoms with Crippen LogP contribution in [-0.4, -0.2) is 36.1 Å². The molecule has 10 heteroatoms. The highest BCUT2D eigenvalue weighted by atomic mass is 16.5. The monoisotopic (exact) mass is 446 g/mol. The molecule has 1 aromatic carbocycles. The maximum Gasteiger partial charge on any atom is 0.306 e. The number of carbonyl (C=O) groups is 1. The number of anilines is 1. The SMILES string of the molecule is CCC[C@@H](C/C(=N/N)NN)C(=O)O.COc1cc(CNc2ccc(C)cn2)cc(OC)c1. The lowest BCUT2D eigenvalue weighted by Gasteiger charge is -2.11. The Morgan fingerprint density at radius 3 is 2.31 bits per heavy atom. The second-order valence-corrected chi connectivity index (χ2v) is 7.04. The predicted octanol–water partition coefficient (Wildman–Crippen LogP) is 2.63. The van der Waals surface area contributed by atoms with Gasteiger partial charge >= 0.3 is 5.97 Å². The Bertz CT molecular complexity index is 836. The molecule has 0 aliphatic rings. The summed E-state index contributed by atoms with van der Waals surface area (Å²) in [5, 5.41) is 15.4. The molecule has 7 N–H and O–H groups in total. The lowest BCUT2D eigenvalue weighted by atomic mass is 10.00. The van der Waals surface area contributed by atoms with E-state index in [1.165, 1.54) is 0 Å². The zero-order valence-corrected chi connectivity index (χ0v) is 19.1. The van der Waals surface area contributed by atoms with Crippen LogP contribution in [0, 0.1) is 12.8 Å². The Morgan fingerprint density at radius 2 is 1.88 bits per heavy atom. The zero-order valence-electron chi connectivity index (χ0n) is 19.1. The van der Waals surface area contributed by atoms with Gasteiger partial charge in [-0.15, -0.1) is 0 Å². The molecule has 1 atom stereocenters. The van der Waals surface area contributed by atoms with Gasteiger partial charge in [0.1, 0.15) is 23.2 Å². The highest BCUT2D eigenvalue weighted by Gasteiger charge is 2.18. The summed E-state index contributed by atoms with van der Waals surface area (Å²) in [7, 11) is 3.29. The van der Waals surface area contributed by atoms with E-state index in [0.717, 1.165) is 34.9 Å². The molecule has 0 unspecified atom stereocenters. The van der Waals surface area contributed by atoms with E-state index in [2.05, 4.69) is 20.8 Å². The van der Waals surface area contributed by atoms with Crippen LogP contribution in [-0.2, 0) is 11.3 Å². The van der Waals surface area contributed by atoms with Crippen LogP contribution in [0.1, 0.15) is 37.3 Å². The summed E-state index contributed by atoms with van der Waals surface area (Å²) >= 11 is 0. The highest BCUT2D eigenvalue weighted by molar-refractivity contribution is 5.85. The molecular weight excluding hydrogens is 412 g/mol. The van der Waals surface area contributed by atoms with E-state index in [-0.39, 0.29) is 6.42 Å². The molecule has 0 fully saturated rings. The van der Waals surface area contributed by atoms with Gasteiger partial charge in [0.15, 0.2) is 0 Å². The van der Waals surface area contributed by atoms with Crippen molar-refractivity contribution < 1.29 is 19.4 Å². The van der Waals surface area contributed by atoms with E-state index in [1.54, 1.807) is 14.2 Å². The lowest BCUT2D eigenvalue weighted by Crippen LogP contribution is -2.34. The molecule has 0 saturated carbocycles. The average molecular weight is 447 g/mol. The van der Waals surface area contributed by atoms with Crippen molar-refractivity contribution in [3.8, 4) is 11.5 Å². The summed E-state index contributed by atoms with van der Waals surface area (Å²) in [5.41, 5.74) is 4.49. The third kappa shape index (κ3) is 9.52. The average Bonchev–Trinajstić information content (AvgIpc) is 2.81. The molecule has 0 aliphatic heterocycles. The number of hydrazone groups is 1. The first kappa shape index (κ1) is 26.5. The molecule has 10 nitrogen and oxygen atoms in total. The summed E-state index contributed by atoms with van der Waals surface area (Å²) in [5.74, 6) is 11.5. The van der Waals surface area contributed by atoms with Gasteiger partial charge < -0.3 is 31.2 Å². The molecule has 2 aromatic rings. The zero-order chi connectivity index (χ0) is 23.9. The predicted molar refractivity (Wildman–Crippen MR) is 125 cm³/mol. The van der Waals surface area contributed by atoms with Gasteiger partial charge in [-0.25, -0.2) is 10.8 Å². The summed E-state index contributed by atoms with van der Waals surface area (Å²) in [4.78, 5) is 15.0. The number of ether oxygens (including phenoxy) is 2. The number of carboxylic acid groups (broad SMARTS) is 1. The number of nitrogens with one attached hydrogen (secondary N) is 2. The summed E-state index contributed by atoms with van der Waals surface area (Å²) < 4.78 is 10.5. The van der Waals surface area contributed by atoms with Crippen molar-refractivity contribution in [3.63, 3.8) is 0 Å². The van der Waals surface area contributed by atoms with Gasteiger partial charge in [0, 0.05) is 25.2 Å². The van der Waals surface area contributed by atoms with Gasteiger partial charge in [0.2, 0.25) is 0 Å². The van der Waals surface area contributed by atoms with Gasteiger partial charge in [0.25, 0.3) is 0 Å². The number of hydrogen-bond acceptors (Lipinski definition) is 8. The van der Waals surface area contributed by atoms with Crippen LogP contribution in [0.15, 0.2) is 41.6 Å². The minimum Gasteiger partial charge on any atom is -0.497 e. The number of hydrogen-bond donors (Lipinski definition) is 5. The number of aliphatic carboxylic acids is 1. The van der Waals surface area contributed by atoms with Crippen LogP contribution < -0.4 is 31.9 Å². The first-order valence-electron chi connectivity index (χ1n) is 10.2. The topological polar surface area (TPSA) is 157 Å². The number of aromatic nitrogens is 1. The van der Waals surface area contributed by atoms with E-state index in [0.29, 0.717) is 18.8 Å². The van der Waals surface area contributed by atoms with Crippen molar-refractivity contribution in [2.75, 3.05) is 19.5 Å². The van der Waals surface area contributed by atoms with E-state index < -0.39 is 11.9 Å². The maximum atomic E-state index is 10.7. The minimum atomic E-state index is -0.849. The number of hydrazine groups is 1. The molecule has 0 aliphatic carbocycles. The molecule has 2 rings (SSSR count). The summed E-state index contributed by atoms with van der Waals surface area (Å²) in [6, 6.07) is 9.80. The van der Waals surface area contributed by atoms with Crippen LogP contribution in [0.25, 0.3) is 0 Å². The van der Waals surface area contributed by atoms with Crippen molar-refractivity contribution in [2.24, 2.45) is 22.7 Å². The maximum absolute atomic E-state index is 10.7. The molecule has 1 heterocycles. The van der Waals surface area contributed by atoms with Crippen molar-refractivity contribution in [3.05, 3.63) is 47.7 Å². The second kappa shape index (κ2) is 14.5. The number of nitrogens with zero attached hydrogens (tertiary/aromatic N) is 2. The Morgan fingerprint density at radius 1 is 1.22 bits per heavy atom. The number of rotatable bonds is 10. The Labute approximate surface area is 189 Å². The van der Waals surface area contributed by atoms with Crippen molar-refractivity contribution in [2.45, 2.75) is 39.7 Å². The molecular formula is C22H34N6O4. The Hall–Kier alpha value is -3.53. The normalized spacial score (nSPS) is 11.6. The van der Waals surface area contributed by atoms with Gasteiger partial charge in [-0.3, -0.25) is 4.79 Å². The summed E-state index contributed by atoms with van der Waals surface area (Å²) in [6.45, 7) is 4.61. The van der Waals surface area contributed by atoms with Crippen LogP contribution in [0.5, 0.6) is 11.5 Å². The summed E-state index contributed by atoms with van der Waals surface area (Å²) in [6.07, 6.45) is 3.49. The Kier molecular flexibility index (Phi) is 12.0. The molecule has 176 valence electrons. The highest BCUT2D eigenvalue weighted by Crippen LogP contribution is 2.23. The molecule has 1 aromatic heterocycles. The van der Waals surface area contributed by atoms with Crippen LogP contribution in [0.2, 0.25) is 0 Å². The number of aryl methyl sites for hydroxylation is 1. The fourth-order valence-electron chi connectivity index (χ4n) is 2.78. The molecule has 0 spiro atoms. The lowest BCUT2D eigenvalue weighted by molar-refractivity contribution is -0.141.